The first kappa shape index (κ1) is 16.5. The molecule has 1 heterocycles. The molecular weight excluding hydrogens is 452 g/mol. The Morgan fingerprint density at radius 1 is 1.26 bits per heavy atom. The van der Waals surface area contributed by atoms with E-state index in [-0.39, 0.29) is 0 Å². The minimum Gasteiger partial charge on any atom is -0.121 e. The van der Waals surface area contributed by atoms with Crippen LogP contribution in [0.1, 0.15) is 62.3 Å². The molecule has 4 heteroatoms. The highest BCUT2D eigenvalue weighted by Gasteiger charge is 2.28. The smallest absolute Gasteiger partial charge is 0.0753 e. The van der Waals surface area contributed by atoms with E-state index in [1.54, 1.807) is 11.3 Å². The van der Waals surface area contributed by atoms with Crippen molar-refractivity contribution < 1.29 is 0 Å². The van der Waals surface area contributed by atoms with Crippen molar-refractivity contribution in [1.82, 2.24) is 0 Å². The Labute approximate surface area is 146 Å². The standard InChI is InChI=1S/C15H21Br3S/c1-2-3-4-10-5-7-11(8-6-10)14(17)12-9-13(16)19-15(12)18/h9-11,14H,2-8H2,1H3. The van der Waals surface area contributed by atoms with Crippen LogP contribution in [-0.4, -0.2) is 0 Å². The highest BCUT2D eigenvalue weighted by atomic mass is 79.9. The topological polar surface area (TPSA) is 0 Å². The zero-order valence-corrected chi connectivity index (χ0v) is 16.9. The number of alkyl halides is 1. The summed E-state index contributed by atoms with van der Waals surface area (Å²) in [5.74, 6) is 1.80. The molecule has 0 spiro atoms. The third kappa shape index (κ3) is 4.55. The molecule has 1 aromatic rings. The Balaban J connectivity index is 1.89. The molecule has 0 saturated heterocycles. The molecule has 0 N–H and O–H groups in total. The SMILES string of the molecule is CCCCC1CCC(C(Br)c2cc(Br)sc2Br)CC1. The fourth-order valence-electron chi connectivity index (χ4n) is 3.06. The zero-order valence-electron chi connectivity index (χ0n) is 11.3. The minimum absolute atomic E-state index is 0.511. The lowest BCUT2D eigenvalue weighted by molar-refractivity contribution is 0.257. The molecule has 1 saturated carbocycles. The third-order valence-electron chi connectivity index (χ3n) is 4.25. The van der Waals surface area contributed by atoms with Gasteiger partial charge in [0.05, 0.1) is 7.57 Å². The molecule has 1 aliphatic carbocycles. The van der Waals surface area contributed by atoms with Crippen molar-refractivity contribution in [2.45, 2.75) is 56.7 Å². The van der Waals surface area contributed by atoms with Crippen LogP contribution in [0.3, 0.4) is 0 Å². The highest BCUT2D eigenvalue weighted by molar-refractivity contribution is 9.12. The quantitative estimate of drug-likeness (QED) is 0.385. The normalized spacial score (nSPS) is 25.5. The average molecular weight is 473 g/mol. The summed E-state index contributed by atoms with van der Waals surface area (Å²) < 4.78 is 2.49. The first-order valence-corrected chi connectivity index (χ1v) is 10.5. The summed E-state index contributed by atoms with van der Waals surface area (Å²) in [6.45, 7) is 2.30. The fourth-order valence-corrected chi connectivity index (χ4v) is 7.33. The molecule has 1 aromatic heterocycles. The Kier molecular flexibility index (Phi) is 6.91. The van der Waals surface area contributed by atoms with E-state index in [9.17, 15) is 0 Å². The largest absolute Gasteiger partial charge is 0.121 e. The lowest BCUT2D eigenvalue weighted by Crippen LogP contribution is -2.17. The maximum atomic E-state index is 3.94. The van der Waals surface area contributed by atoms with Crippen molar-refractivity contribution in [3.05, 3.63) is 19.2 Å². The van der Waals surface area contributed by atoms with Gasteiger partial charge in [0.25, 0.3) is 0 Å². The van der Waals surface area contributed by atoms with E-state index in [4.69, 9.17) is 0 Å². The fraction of sp³-hybridized carbons (Fsp3) is 0.733. The summed E-state index contributed by atoms with van der Waals surface area (Å²) in [7, 11) is 0. The molecule has 0 bridgehead atoms. The van der Waals surface area contributed by atoms with Crippen LogP contribution < -0.4 is 0 Å². The van der Waals surface area contributed by atoms with E-state index in [2.05, 4.69) is 60.8 Å². The molecule has 1 fully saturated rings. The van der Waals surface area contributed by atoms with Crippen LogP contribution in [0.2, 0.25) is 0 Å². The van der Waals surface area contributed by atoms with Crippen molar-refractivity contribution in [2.24, 2.45) is 11.8 Å². The van der Waals surface area contributed by atoms with Gasteiger partial charge in [0, 0.05) is 4.83 Å². The predicted octanol–water partition coefficient (Wildman–Crippen LogP) is 7.71. The molecule has 1 unspecified atom stereocenters. The van der Waals surface area contributed by atoms with Gasteiger partial charge in [-0.05, 0) is 68.2 Å². The van der Waals surface area contributed by atoms with E-state index >= 15 is 0 Å². The first-order chi connectivity index (χ1) is 9.11. The second-order valence-corrected chi connectivity index (χ2v) is 10.3. The monoisotopic (exact) mass is 470 g/mol. The molecule has 108 valence electrons. The lowest BCUT2D eigenvalue weighted by atomic mass is 9.78. The maximum Gasteiger partial charge on any atom is 0.0753 e. The Morgan fingerprint density at radius 3 is 2.47 bits per heavy atom. The minimum atomic E-state index is 0.511. The molecule has 2 rings (SSSR count). The van der Waals surface area contributed by atoms with Gasteiger partial charge in [0.15, 0.2) is 0 Å². The number of hydrogen-bond acceptors (Lipinski definition) is 1. The van der Waals surface area contributed by atoms with Crippen molar-refractivity contribution in [3.8, 4) is 0 Å². The maximum absolute atomic E-state index is 3.94. The summed E-state index contributed by atoms with van der Waals surface area (Å²) in [6, 6.07) is 2.26. The number of hydrogen-bond donors (Lipinski definition) is 0. The predicted molar refractivity (Wildman–Crippen MR) is 96.4 cm³/mol. The van der Waals surface area contributed by atoms with E-state index in [1.165, 1.54) is 58.1 Å². The van der Waals surface area contributed by atoms with Crippen molar-refractivity contribution in [2.75, 3.05) is 0 Å². The molecule has 19 heavy (non-hydrogen) atoms. The summed E-state index contributed by atoms with van der Waals surface area (Å²) in [6.07, 6.45) is 9.82. The molecule has 1 atom stereocenters. The number of thiophene rings is 1. The van der Waals surface area contributed by atoms with Gasteiger partial charge in [-0.1, -0.05) is 55.0 Å². The summed E-state index contributed by atoms with van der Waals surface area (Å²) in [4.78, 5) is 0.511. The van der Waals surface area contributed by atoms with Crippen LogP contribution in [0.4, 0.5) is 0 Å². The molecule has 0 nitrogen and oxygen atoms in total. The molecule has 0 aliphatic heterocycles. The van der Waals surface area contributed by atoms with E-state index in [1.807, 2.05) is 0 Å². The van der Waals surface area contributed by atoms with Gasteiger partial charge in [-0.3, -0.25) is 0 Å². The Bertz CT molecular complexity index is 394. The van der Waals surface area contributed by atoms with Gasteiger partial charge in [0.2, 0.25) is 0 Å². The van der Waals surface area contributed by atoms with Crippen molar-refractivity contribution in [1.29, 1.82) is 0 Å². The molecular formula is C15H21Br3S. The first-order valence-electron chi connectivity index (χ1n) is 7.20. The summed E-state index contributed by atoms with van der Waals surface area (Å²) >= 11 is 13.0. The second-order valence-electron chi connectivity index (χ2n) is 5.60. The lowest BCUT2D eigenvalue weighted by Gasteiger charge is -2.31. The van der Waals surface area contributed by atoms with Gasteiger partial charge in [-0.15, -0.1) is 11.3 Å². The van der Waals surface area contributed by atoms with E-state index in [0.29, 0.717) is 4.83 Å². The van der Waals surface area contributed by atoms with Crippen LogP contribution >= 0.6 is 59.1 Å². The Morgan fingerprint density at radius 2 is 1.95 bits per heavy atom. The van der Waals surface area contributed by atoms with Crippen LogP contribution in [0.15, 0.2) is 13.6 Å². The average Bonchev–Trinajstić information content (AvgIpc) is 2.75. The highest BCUT2D eigenvalue weighted by Crippen LogP contribution is 2.47. The Hall–Kier alpha value is 1.14. The van der Waals surface area contributed by atoms with Gasteiger partial charge in [-0.25, -0.2) is 0 Å². The van der Waals surface area contributed by atoms with Gasteiger partial charge in [-0.2, -0.15) is 0 Å². The molecule has 0 aromatic carbocycles. The van der Waals surface area contributed by atoms with Gasteiger partial charge in [0.1, 0.15) is 0 Å². The molecule has 1 aliphatic rings. The van der Waals surface area contributed by atoms with Crippen LogP contribution in [0.5, 0.6) is 0 Å². The van der Waals surface area contributed by atoms with Crippen LogP contribution in [0.25, 0.3) is 0 Å². The van der Waals surface area contributed by atoms with Gasteiger partial charge >= 0.3 is 0 Å². The van der Waals surface area contributed by atoms with E-state index in [0.717, 1.165) is 11.8 Å². The molecule has 0 radical (unpaired) electrons. The number of rotatable bonds is 5. The number of unbranched alkanes of at least 4 members (excludes halogenated alkanes) is 1. The van der Waals surface area contributed by atoms with Crippen LogP contribution in [-0.2, 0) is 0 Å². The van der Waals surface area contributed by atoms with Crippen molar-refractivity contribution in [3.63, 3.8) is 0 Å². The zero-order chi connectivity index (χ0) is 13.8. The summed E-state index contributed by atoms with van der Waals surface area (Å²) in [5.41, 5.74) is 1.42. The summed E-state index contributed by atoms with van der Waals surface area (Å²) in [5, 5.41) is 0. The second kappa shape index (κ2) is 7.95. The van der Waals surface area contributed by atoms with Crippen LogP contribution in [0, 0.1) is 11.8 Å². The van der Waals surface area contributed by atoms with E-state index < -0.39 is 0 Å². The third-order valence-corrected chi connectivity index (χ3v) is 7.88. The number of halogens is 3. The van der Waals surface area contributed by atoms with Gasteiger partial charge < -0.3 is 0 Å². The van der Waals surface area contributed by atoms with Crippen molar-refractivity contribution >= 4 is 59.1 Å². The molecule has 0 amide bonds.